The molecule has 4 nitrogen and oxygen atoms in total. The molecule has 0 saturated heterocycles. The quantitative estimate of drug-likeness (QED) is 0.760. The van der Waals surface area contributed by atoms with Crippen LogP contribution in [-0.2, 0) is 16.0 Å². The highest BCUT2D eigenvalue weighted by atomic mass is 32.1. The zero-order chi connectivity index (χ0) is 15.8. The normalized spacial score (nSPS) is 10.6. The van der Waals surface area contributed by atoms with Gasteiger partial charge in [-0.3, -0.25) is 4.79 Å². The first-order valence-electron chi connectivity index (χ1n) is 7.46. The zero-order valence-corrected chi connectivity index (χ0v) is 13.9. The molecule has 2 rings (SSSR count). The summed E-state index contributed by atoms with van der Waals surface area (Å²) in [5.41, 5.74) is 3.35. The lowest BCUT2D eigenvalue weighted by Crippen LogP contribution is -2.25. The van der Waals surface area contributed by atoms with E-state index < -0.39 is 0 Å². The second kappa shape index (κ2) is 8.66. The highest BCUT2D eigenvalue weighted by Gasteiger charge is 2.07. The molecule has 0 unspecified atom stereocenters. The number of amides is 1. The maximum Gasteiger partial charge on any atom is 0.220 e. The summed E-state index contributed by atoms with van der Waals surface area (Å²) in [6.07, 6.45) is 2.00. The third-order valence-electron chi connectivity index (χ3n) is 3.27. The smallest absolute Gasteiger partial charge is 0.220 e. The van der Waals surface area contributed by atoms with Gasteiger partial charge in [-0.25, -0.2) is 4.98 Å². The Morgan fingerprint density at radius 2 is 2.27 bits per heavy atom. The van der Waals surface area contributed by atoms with E-state index in [1.54, 1.807) is 18.4 Å². The van der Waals surface area contributed by atoms with Gasteiger partial charge in [0.1, 0.15) is 5.01 Å². The van der Waals surface area contributed by atoms with Crippen molar-refractivity contribution in [1.82, 2.24) is 10.3 Å². The summed E-state index contributed by atoms with van der Waals surface area (Å²) >= 11 is 1.63. The van der Waals surface area contributed by atoms with E-state index in [-0.39, 0.29) is 5.91 Å². The number of carbonyl (C=O) groups is 1. The Kier molecular flexibility index (Phi) is 6.55. The van der Waals surface area contributed by atoms with Crippen LogP contribution in [0.4, 0.5) is 0 Å². The minimum atomic E-state index is 0.0706. The number of hydrogen-bond acceptors (Lipinski definition) is 4. The third-order valence-corrected chi connectivity index (χ3v) is 4.21. The van der Waals surface area contributed by atoms with Gasteiger partial charge in [-0.05, 0) is 25.8 Å². The predicted molar refractivity (Wildman–Crippen MR) is 90.1 cm³/mol. The van der Waals surface area contributed by atoms with Crippen molar-refractivity contribution < 1.29 is 9.53 Å². The number of rotatable bonds is 8. The maximum atomic E-state index is 11.7. The molecule has 1 aromatic carbocycles. The van der Waals surface area contributed by atoms with Gasteiger partial charge in [0.05, 0.1) is 5.69 Å². The summed E-state index contributed by atoms with van der Waals surface area (Å²) in [5, 5.41) is 5.94. The van der Waals surface area contributed by atoms with Crippen LogP contribution in [0.3, 0.4) is 0 Å². The van der Waals surface area contributed by atoms with Crippen molar-refractivity contribution in [1.29, 1.82) is 0 Å². The molecule has 0 aliphatic carbocycles. The van der Waals surface area contributed by atoms with E-state index in [1.807, 2.05) is 11.4 Å². The molecule has 0 spiro atoms. The number of aromatic nitrogens is 1. The molecule has 1 aromatic heterocycles. The molecule has 1 amide bonds. The van der Waals surface area contributed by atoms with E-state index in [0.29, 0.717) is 26.0 Å². The van der Waals surface area contributed by atoms with Crippen LogP contribution < -0.4 is 5.32 Å². The molecule has 0 bridgehead atoms. The number of ether oxygens (including phenoxy) is 1. The molecule has 0 atom stereocenters. The van der Waals surface area contributed by atoms with Crippen LogP contribution in [0.25, 0.3) is 10.6 Å². The highest BCUT2D eigenvalue weighted by Crippen LogP contribution is 2.24. The standard InChI is InChI=1S/C17H22N2O2S/c1-13-5-3-6-14(11-13)17-19-15(12-22-17)7-8-16(20)18-9-4-10-21-2/h3,5-6,11-12H,4,7-10H2,1-2H3,(H,18,20). The fourth-order valence-electron chi connectivity index (χ4n) is 2.11. The first kappa shape index (κ1) is 16.6. The van der Waals surface area contributed by atoms with Gasteiger partial charge < -0.3 is 10.1 Å². The van der Waals surface area contributed by atoms with Gasteiger partial charge >= 0.3 is 0 Å². The summed E-state index contributed by atoms with van der Waals surface area (Å²) in [5.74, 6) is 0.0706. The van der Waals surface area contributed by atoms with Gasteiger partial charge in [0, 0.05) is 37.6 Å². The average Bonchev–Trinajstić information content (AvgIpc) is 2.98. The molecule has 0 saturated carbocycles. The number of carbonyl (C=O) groups excluding carboxylic acids is 1. The molecule has 0 radical (unpaired) electrons. The zero-order valence-electron chi connectivity index (χ0n) is 13.1. The van der Waals surface area contributed by atoms with Crippen molar-refractivity contribution >= 4 is 17.2 Å². The highest BCUT2D eigenvalue weighted by molar-refractivity contribution is 7.13. The molecule has 1 N–H and O–H groups in total. The SMILES string of the molecule is COCCCNC(=O)CCc1csc(-c2cccc(C)c2)n1. The molecule has 1 heterocycles. The molecule has 5 heteroatoms. The van der Waals surface area contributed by atoms with E-state index in [2.05, 4.69) is 35.4 Å². The second-order valence-corrected chi connectivity index (χ2v) is 6.07. The lowest BCUT2D eigenvalue weighted by atomic mass is 10.1. The van der Waals surface area contributed by atoms with E-state index in [9.17, 15) is 4.79 Å². The van der Waals surface area contributed by atoms with Crippen molar-refractivity contribution in [3.63, 3.8) is 0 Å². The molecular weight excluding hydrogens is 296 g/mol. The number of benzene rings is 1. The van der Waals surface area contributed by atoms with Crippen molar-refractivity contribution in [2.45, 2.75) is 26.2 Å². The number of aryl methyl sites for hydroxylation is 2. The van der Waals surface area contributed by atoms with Gasteiger partial charge in [-0.15, -0.1) is 11.3 Å². The predicted octanol–water partition coefficient (Wildman–Crippen LogP) is 3.20. The molecular formula is C17H22N2O2S. The largest absolute Gasteiger partial charge is 0.385 e. The third kappa shape index (κ3) is 5.24. The summed E-state index contributed by atoms with van der Waals surface area (Å²) in [6, 6.07) is 8.31. The van der Waals surface area contributed by atoms with Crippen LogP contribution in [0, 0.1) is 6.92 Å². The fraction of sp³-hybridized carbons (Fsp3) is 0.412. The van der Waals surface area contributed by atoms with E-state index in [0.717, 1.165) is 22.7 Å². The lowest BCUT2D eigenvalue weighted by Gasteiger charge is -2.03. The van der Waals surface area contributed by atoms with Gasteiger partial charge in [-0.1, -0.05) is 23.8 Å². The summed E-state index contributed by atoms with van der Waals surface area (Å²) < 4.78 is 4.95. The Bertz CT molecular complexity index is 610. The topological polar surface area (TPSA) is 51.2 Å². The summed E-state index contributed by atoms with van der Waals surface area (Å²) in [6.45, 7) is 3.41. The number of nitrogens with zero attached hydrogens (tertiary/aromatic N) is 1. The fourth-order valence-corrected chi connectivity index (χ4v) is 2.96. The number of hydrogen-bond donors (Lipinski definition) is 1. The van der Waals surface area contributed by atoms with Crippen LogP contribution in [-0.4, -0.2) is 31.2 Å². The molecule has 2 aromatic rings. The van der Waals surface area contributed by atoms with Crippen molar-refractivity contribution in [3.8, 4) is 10.6 Å². The molecule has 22 heavy (non-hydrogen) atoms. The number of thiazole rings is 1. The number of methoxy groups -OCH3 is 1. The second-order valence-electron chi connectivity index (χ2n) is 5.21. The molecule has 0 aliphatic heterocycles. The molecule has 0 fully saturated rings. The van der Waals surface area contributed by atoms with Crippen molar-refractivity contribution in [3.05, 3.63) is 40.9 Å². The summed E-state index contributed by atoms with van der Waals surface area (Å²) in [4.78, 5) is 16.3. The molecule has 0 aliphatic rings. The van der Waals surface area contributed by atoms with E-state index >= 15 is 0 Å². The lowest BCUT2D eigenvalue weighted by molar-refractivity contribution is -0.121. The minimum absolute atomic E-state index is 0.0706. The first-order valence-corrected chi connectivity index (χ1v) is 8.34. The van der Waals surface area contributed by atoms with Crippen molar-refractivity contribution in [2.24, 2.45) is 0 Å². The Morgan fingerprint density at radius 3 is 3.05 bits per heavy atom. The van der Waals surface area contributed by atoms with Gasteiger partial charge in [0.25, 0.3) is 0 Å². The Hall–Kier alpha value is -1.72. The summed E-state index contributed by atoms with van der Waals surface area (Å²) in [7, 11) is 1.66. The van der Waals surface area contributed by atoms with Crippen LogP contribution in [0.5, 0.6) is 0 Å². The van der Waals surface area contributed by atoms with Gasteiger partial charge in [-0.2, -0.15) is 0 Å². The first-order chi connectivity index (χ1) is 10.7. The van der Waals surface area contributed by atoms with E-state index in [4.69, 9.17) is 4.74 Å². The Labute approximate surface area is 135 Å². The van der Waals surface area contributed by atoms with Gasteiger partial charge in [0.15, 0.2) is 0 Å². The molecule has 118 valence electrons. The van der Waals surface area contributed by atoms with Gasteiger partial charge in [0.2, 0.25) is 5.91 Å². The maximum absolute atomic E-state index is 11.7. The Balaban J connectivity index is 1.81. The Morgan fingerprint density at radius 1 is 1.41 bits per heavy atom. The van der Waals surface area contributed by atoms with E-state index in [1.165, 1.54) is 5.56 Å². The van der Waals surface area contributed by atoms with Crippen LogP contribution in [0.1, 0.15) is 24.1 Å². The number of nitrogens with one attached hydrogen (secondary N) is 1. The van der Waals surface area contributed by atoms with Crippen molar-refractivity contribution in [2.75, 3.05) is 20.3 Å². The van der Waals surface area contributed by atoms with Crippen LogP contribution >= 0.6 is 11.3 Å². The van der Waals surface area contributed by atoms with Crippen LogP contribution in [0.2, 0.25) is 0 Å². The monoisotopic (exact) mass is 318 g/mol. The van der Waals surface area contributed by atoms with Crippen LogP contribution in [0.15, 0.2) is 29.6 Å². The average molecular weight is 318 g/mol. The minimum Gasteiger partial charge on any atom is -0.385 e.